The molecule has 2 aromatic heterocycles. The van der Waals surface area contributed by atoms with Crippen molar-refractivity contribution in [3.63, 3.8) is 0 Å². The van der Waals surface area contributed by atoms with Crippen LogP contribution in [0.25, 0.3) is 0 Å². The highest BCUT2D eigenvalue weighted by Crippen LogP contribution is 2.18. The van der Waals surface area contributed by atoms with Gasteiger partial charge in [-0.2, -0.15) is 0 Å². The minimum atomic E-state index is -0.381. The van der Waals surface area contributed by atoms with Crippen LogP contribution in [0.1, 0.15) is 21.6 Å². The Labute approximate surface area is 139 Å². The van der Waals surface area contributed by atoms with Crippen LogP contribution in [-0.2, 0) is 6.54 Å². The number of methoxy groups -OCH3 is 1. The second-order valence-corrected chi connectivity index (χ2v) is 5.28. The zero-order chi connectivity index (χ0) is 16.9. The van der Waals surface area contributed by atoms with E-state index in [0.717, 1.165) is 5.56 Å². The number of ether oxygens (including phenoxy) is 1. The Kier molecular flexibility index (Phi) is 4.51. The summed E-state index contributed by atoms with van der Waals surface area (Å²) in [5, 5.41) is 10.7. The minimum Gasteiger partial charge on any atom is -0.479 e. The van der Waals surface area contributed by atoms with Crippen LogP contribution < -0.4 is 10.1 Å². The number of amides is 1. The maximum absolute atomic E-state index is 12.4. The smallest absolute Gasteiger partial charge is 0.281 e. The van der Waals surface area contributed by atoms with Gasteiger partial charge in [0, 0.05) is 18.1 Å². The Balaban J connectivity index is 1.81. The molecule has 0 aliphatic rings. The molecule has 1 N–H and O–H groups in total. The van der Waals surface area contributed by atoms with E-state index in [2.05, 4.69) is 20.6 Å². The Morgan fingerprint density at radius 1 is 1.17 bits per heavy atom. The lowest BCUT2D eigenvalue weighted by molar-refractivity contribution is 0.101. The van der Waals surface area contributed by atoms with Gasteiger partial charge in [-0.1, -0.05) is 35.0 Å². The van der Waals surface area contributed by atoms with Gasteiger partial charge in [-0.25, -0.2) is 4.68 Å². The van der Waals surface area contributed by atoms with Crippen molar-refractivity contribution in [3.05, 3.63) is 65.6 Å². The van der Waals surface area contributed by atoms with E-state index in [9.17, 15) is 4.79 Å². The SMILES string of the molecule is COc1c(C(=O)Nc2ccncc2)nnn1Cc1ccc(C)cc1. The number of nitrogens with zero attached hydrogens (tertiary/aromatic N) is 4. The molecular weight excluding hydrogens is 306 g/mol. The summed E-state index contributed by atoms with van der Waals surface area (Å²) in [5.41, 5.74) is 3.00. The summed E-state index contributed by atoms with van der Waals surface area (Å²) < 4.78 is 6.90. The van der Waals surface area contributed by atoms with Gasteiger partial charge in [0.1, 0.15) is 0 Å². The fourth-order valence-corrected chi connectivity index (χ4v) is 2.24. The van der Waals surface area contributed by atoms with Crippen molar-refractivity contribution in [3.8, 4) is 5.88 Å². The Morgan fingerprint density at radius 2 is 1.88 bits per heavy atom. The topological polar surface area (TPSA) is 81.9 Å². The lowest BCUT2D eigenvalue weighted by Gasteiger charge is -2.07. The molecule has 122 valence electrons. The van der Waals surface area contributed by atoms with Crippen molar-refractivity contribution in [1.82, 2.24) is 20.0 Å². The molecule has 0 bridgehead atoms. The molecule has 24 heavy (non-hydrogen) atoms. The summed E-state index contributed by atoms with van der Waals surface area (Å²) in [6.07, 6.45) is 3.20. The van der Waals surface area contributed by atoms with Gasteiger partial charge >= 0.3 is 0 Å². The Hall–Kier alpha value is -3.22. The molecule has 3 rings (SSSR count). The highest BCUT2D eigenvalue weighted by atomic mass is 16.5. The number of carbonyl (C=O) groups excluding carboxylic acids is 1. The average molecular weight is 323 g/mol. The third kappa shape index (κ3) is 3.40. The molecule has 0 saturated carbocycles. The predicted octanol–water partition coefficient (Wildman–Crippen LogP) is 2.29. The van der Waals surface area contributed by atoms with Gasteiger partial charge < -0.3 is 10.1 Å². The molecule has 1 aromatic carbocycles. The maximum Gasteiger partial charge on any atom is 0.281 e. The molecule has 0 aliphatic carbocycles. The Bertz CT molecular complexity index is 828. The third-order valence-electron chi connectivity index (χ3n) is 3.49. The van der Waals surface area contributed by atoms with Crippen molar-refractivity contribution in [2.75, 3.05) is 12.4 Å². The van der Waals surface area contributed by atoms with Crippen LogP contribution in [0, 0.1) is 6.92 Å². The normalized spacial score (nSPS) is 10.4. The van der Waals surface area contributed by atoms with Crippen LogP contribution >= 0.6 is 0 Å². The first kappa shape index (κ1) is 15.7. The monoisotopic (exact) mass is 323 g/mol. The van der Waals surface area contributed by atoms with E-state index in [4.69, 9.17) is 4.74 Å². The zero-order valence-corrected chi connectivity index (χ0v) is 13.4. The average Bonchev–Trinajstić information content (AvgIpc) is 3.00. The Morgan fingerprint density at radius 3 is 2.54 bits per heavy atom. The number of aryl methyl sites for hydroxylation is 1. The molecule has 3 aromatic rings. The van der Waals surface area contributed by atoms with Crippen molar-refractivity contribution in [2.24, 2.45) is 0 Å². The van der Waals surface area contributed by atoms with Crippen LogP contribution in [0.15, 0.2) is 48.8 Å². The summed E-state index contributed by atoms with van der Waals surface area (Å²) in [4.78, 5) is 16.3. The van der Waals surface area contributed by atoms with Crippen LogP contribution in [0.2, 0.25) is 0 Å². The lowest BCUT2D eigenvalue weighted by Crippen LogP contribution is -2.14. The molecule has 7 heteroatoms. The number of anilines is 1. The molecule has 0 aliphatic heterocycles. The minimum absolute atomic E-state index is 0.140. The first-order valence-electron chi connectivity index (χ1n) is 7.42. The lowest BCUT2D eigenvalue weighted by atomic mass is 10.1. The highest BCUT2D eigenvalue weighted by Gasteiger charge is 2.21. The van der Waals surface area contributed by atoms with Gasteiger partial charge in [-0.05, 0) is 24.6 Å². The molecule has 0 saturated heterocycles. The van der Waals surface area contributed by atoms with Gasteiger partial charge in [0.15, 0.2) is 0 Å². The van der Waals surface area contributed by atoms with Crippen LogP contribution in [-0.4, -0.2) is 33.0 Å². The first-order chi connectivity index (χ1) is 11.7. The number of nitrogens with one attached hydrogen (secondary N) is 1. The van der Waals surface area contributed by atoms with Crippen LogP contribution in [0.3, 0.4) is 0 Å². The van der Waals surface area contributed by atoms with Gasteiger partial charge in [0.05, 0.1) is 13.7 Å². The maximum atomic E-state index is 12.4. The first-order valence-corrected chi connectivity index (χ1v) is 7.42. The fraction of sp³-hybridized carbons (Fsp3) is 0.176. The van der Waals surface area contributed by atoms with E-state index >= 15 is 0 Å². The van der Waals surface area contributed by atoms with Crippen molar-refractivity contribution in [2.45, 2.75) is 13.5 Å². The van der Waals surface area contributed by atoms with Crippen LogP contribution in [0.5, 0.6) is 5.88 Å². The summed E-state index contributed by atoms with van der Waals surface area (Å²) >= 11 is 0. The zero-order valence-electron chi connectivity index (χ0n) is 13.4. The van der Waals surface area contributed by atoms with Gasteiger partial charge in [0.2, 0.25) is 11.6 Å². The van der Waals surface area contributed by atoms with Gasteiger partial charge in [-0.3, -0.25) is 9.78 Å². The standard InChI is InChI=1S/C17H17N5O2/c1-12-3-5-13(6-4-12)11-22-17(24-2)15(20-21-22)16(23)19-14-7-9-18-10-8-14/h3-10H,11H2,1-2H3,(H,18,19,23). The third-order valence-corrected chi connectivity index (χ3v) is 3.49. The number of aromatic nitrogens is 4. The number of hydrogen-bond donors (Lipinski definition) is 1. The second kappa shape index (κ2) is 6.91. The predicted molar refractivity (Wildman–Crippen MR) is 89.0 cm³/mol. The van der Waals surface area contributed by atoms with E-state index in [-0.39, 0.29) is 11.6 Å². The largest absolute Gasteiger partial charge is 0.479 e. The molecule has 7 nitrogen and oxygen atoms in total. The number of benzene rings is 1. The van der Waals surface area contributed by atoms with E-state index < -0.39 is 0 Å². The summed E-state index contributed by atoms with van der Waals surface area (Å²) in [6.45, 7) is 2.50. The van der Waals surface area contributed by atoms with E-state index in [1.807, 2.05) is 31.2 Å². The van der Waals surface area contributed by atoms with Gasteiger partial charge in [-0.15, -0.1) is 5.10 Å². The van der Waals surface area contributed by atoms with Crippen LogP contribution in [0.4, 0.5) is 5.69 Å². The molecule has 0 atom stereocenters. The molecule has 2 heterocycles. The van der Waals surface area contributed by atoms with Crippen molar-refractivity contribution >= 4 is 11.6 Å². The molecule has 0 fully saturated rings. The summed E-state index contributed by atoms with van der Waals surface area (Å²) in [6, 6.07) is 11.5. The van der Waals surface area contributed by atoms with E-state index in [0.29, 0.717) is 18.1 Å². The molecule has 0 radical (unpaired) electrons. The highest BCUT2D eigenvalue weighted by molar-refractivity contribution is 6.04. The number of rotatable bonds is 5. The second-order valence-electron chi connectivity index (χ2n) is 5.28. The fourth-order valence-electron chi connectivity index (χ4n) is 2.24. The quantitative estimate of drug-likeness (QED) is 0.779. The number of hydrogen-bond acceptors (Lipinski definition) is 5. The van der Waals surface area contributed by atoms with E-state index in [1.54, 1.807) is 29.2 Å². The summed E-state index contributed by atoms with van der Waals surface area (Å²) in [7, 11) is 1.49. The number of carbonyl (C=O) groups is 1. The summed E-state index contributed by atoms with van der Waals surface area (Å²) in [5.74, 6) is -0.0599. The molecule has 1 amide bonds. The molecule has 0 spiro atoms. The molecular formula is C17H17N5O2. The van der Waals surface area contributed by atoms with Crippen molar-refractivity contribution in [1.29, 1.82) is 0 Å². The number of pyridine rings is 1. The van der Waals surface area contributed by atoms with E-state index in [1.165, 1.54) is 12.7 Å². The van der Waals surface area contributed by atoms with Crippen molar-refractivity contribution < 1.29 is 9.53 Å². The van der Waals surface area contributed by atoms with Gasteiger partial charge in [0.25, 0.3) is 5.91 Å². The molecule has 0 unspecified atom stereocenters.